The van der Waals surface area contributed by atoms with E-state index in [0.29, 0.717) is 0 Å². The minimum atomic E-state index is -0.694. The molecule has 0 spiro atoms. The van der Waals surface area contributed by atoms with E-state index in [2.05, 4.69) is 4.74 Å². The molecular weight excluding hydrogens is 236 g/mol. The van der Waals surface area contributed by atoms with Gasteiger partial charge >= 0.3 is 11.9 Å². The molecule has 0 radical (unpaired) electrons. The maximum Gasteiger partial charge on any atom is 0.331 e. The van der Waals surface area contributed by atoms with E-state index in [0.717, 1.165) is 17.7 Å². The first-order valence-corrected chi connectivity index (χ1v) is 5.38. The topological polar surface area (TPSA) is 72.8 Å². The highest BCUT2D eigenvalue weighted by Gasteiger charge is 2.01. The van der Waals surface area contributed by atoms with Crippen LogP contribution in [0.3, 0.4) is 0 Å². The maximum atomic E-state index is 11.2. The van der Waals surface area contributed by atoms with Gasteiger partial charge < -0.3 is 14.6 Å². The quantitative estimate of drug-likeness (QED) is 0.597. The lowest BCUT2D eigenvalue weighted by atomic mass is 10.2. The van der Waals surface area contributed by atoms with Crippen molar-refractivity contribution in [1.82, 2.24) is 0 Å². The van der Waals surface area contributed by atoms with E-state index in [9.17, 15) is 9.59 Å². The van der Waals surface area contributed by atoms with Gasteiger partial charge in [-0.2, -0.15) is 0 Å². The zero-order valence-corrected chi connectivity index (χ0v) is 9.74. The van der Waals surface area contributed by atoms with E-state index >= 15 is 0 Å². The van der Waals surface area contributed by atoms with Crippen molar-refractivity contribution in [1.29, 1.82) is 0 Å². The van der Waals surface area contributed by atoms with Gasteiger partial charge in [0.05, 0.1) is 6.61 Å². The molecule has 0 unspecified atom stereocenters. The van der Waals surface area contributed by atoms with Crippen LogP contribution in [0.15, 0.2) is 42.5 Å². The van der Waals surface area contributed by atoms with Gasteiger partial charge in [-0.3, -0.25) is 0 Å². The molecule has 0 saturated heterocycles. The van der Waals surface area contributed by atoms with Crippen LogP contribution in [0.25, 0.3) is 0 Å². The van der Waals surface area contributed by atoms with Crippen LogP contribution >= 0.6 is 0 Å². The van der Waals surface area contributed by atoms with E-state index in [1.165, 1.54) is 0 Å². The monoisotopic (exact) mass is 250 g/mol. The molecule has 0 saturated carbocycles. The fourth-order valence-corrected chi connectivity index (χ4v) is 1.11. The summed E-state index contributed by atoms with van der Waals surface area (Å²) in [6.07, 6.45) is 1.95. The predicted octanol–water partition coefficient (Wildman–Crippen LogP) is 0.821. The summed E-state index contributed by atoms with van der Waals surface area (Å²) in [6.45, 7) is -0.198. The standard InChI is InChI=1S/C13H14O5/c14-8-9-17-12(15)6-7-13(16)18-10-11-4-2-1-3-5-11/h1-7,14H,8-10H2. The smallest absolute Gasteiger partial charge is 0.331 e. The number of hydrogen-bond acceptors (Lipinski definition) is 5. The van der Waals surface area contributed by atoms with Crippen molar-refractivity contribution in [2.75, 3.05) is 13.2 Å². The Balaban J connectivity index is 2.29. The van der Waals surface area contributed by atoms with E-state index in [4.69, 9.17) is 9.84 Å². The molecule has 0 heterocycles. The van der Waals surface area contributed by atoms with Gasteiger partial charge in [-0.1, -0.05) is 30.3 Å². The number of carbonyl (C=O) groups excluding carboxylic acids is 2. The lowest BCUT2D eigenvalue weighted by Gasteiger charge is -2.01. The predicted molar refractivity (Wildman–Crippen MR) is 63.4 cm³/mol. The number of ether oxygens (including phenoxy) is 2. The lowest BCUT2D eigenvalue weighted by Crippen LogP contribution is -2.07. The van der Waals surface area contributed by atoms with Gasteiger partial charge in [0, 0.05) is 12.2 Å². The van der Waals surface area contributed by atoms with Crippen LogP contribution in [0.4, 0.5) is 0 Å². The maximum absolute atomic E-state index is 11.2. The second kappa shape index (κ2) is 8.03. The molecule has 1 aromatic carbocycles. The molecule has 0 fully saturated rings. The molecule has 5 nitrogen and oxygen atoms in total. The van der Waals surface area contributed by atoms with Gasteiger partial charge in [0.1, 0.15) is 13.2 Å². The van der Waals surface area contributed by atoms with Gasteiger partial charge in [0.15, 0.2) is 0 Å². The molecule has 0 atom stereocenters. The Morgan fingerprint density at radius 2 is 1.67 bits per heavy atom. The summed E-state index contributed by atoms with van der Waals surface area (Å²) in [7, 11) is 0. The molecule has 18 heavy (non-hydrogen) atoms. The SMILES string of the molecule is O=C(C=CC(=O)OCc1ccccc1)OCCO. The number of esters is 2. The molecule has 1 aromatic rings. The van der Waals surface area contributed by atoms with Gasteiger partial charge in [-0.25, -0.2) is 9.59 Å². The molecule has 5 heteroatoms. The molecule has 1 rings (SSSR count). The Hall–Kier alpha value is -2.14. The molecule has 0 aliphatic heterocycles. The van der Waals surface area contributed by atoms with E-state index in [-0.39, 0.29) is 19.8 Å². The minimum Gasteiger partial charge on any atom is -0.460 e. The van der Waals surface area contributed by atoms with Crippen LogP contribution in [0.5, 0.6) is 0 Å². The van der Waals surface area contributed by atoms with Crippen molar-refractivity contribution in [3.8, 4) is 0 Å². The van der Waals surface area contributed by atoms with Crippen LogP contribution in [0.2, 0.25) is 0 Å². The summed E-state index contributed by atoms with van der Waals surface area (Å²) in [5, 5.41) is 8.41. The van der Waals surface area contributed by atoms with Crippen LogP contribution in [-0.4, -0.2) is 30.3 Å². The van der Waals surface area contributed by atoms with Gasteiger partial charge in [0.25, 0.3) is 0 Å². The molecule has 0 aromatic heterocycles. The van der Waals surface area contributed by atoms with Gasteiger partial charge in [-0.05, 0) is 5.56 Å². The zero-order chi connectivity index (χ0) is 13.2. The normalized spacial score (nSPS) is 10.3. The van der Waals surface area contributed by atoms with Crippen LogP contribution in [0, 0.1) is 0 Å². The second-order valence-corrected chi connectivity index (χ2v) is 3.32. The first-order valence-electron chi connectivity index (χ1n) is 5.38. The van der Waals surface area contributed by atoms with Crippen LogP contribution in [-0.2, 0) is 25.7 Å². The van der Waals surface area contributed by atoms with E-state index in [1.807, 2.05) is 30.3 Å². The Kier molecular flexibility index (Phi) is 6.21. The summed E-state index contributed by atoms with van der Waals surface area (Å²) in [4.78, 5) is 22.2. The van der Waals surface area contributed by atoms with Crippen molar-refractivity contribution in [2.45, 2.75) is 6.61 Å². The van der Waals surface area contributed by atoms with Crippen LogP contribution < -0.4 is 0 Å². The van der Waals surface area contributed by atoms with E-state index in [1.54, 1.807) is 0 Å². The largest absolute Gasteiger partial charge is 0.460 e. The summed E-state index contributed by atoms with van der Waals surface area (Å²) in [5.41, 5.74) is 0.863. The first-order chi connectivity index (χ1) is 8.72. The third kappa shape index (κ3) is 5.81. The minimum absolute atomic E-state index is 0.0950. The summed E-state index contributed by atoms with van der Waals surface area (Å²) < 4.78 is 9.42. The summed E-state index contributed by atoms with van der Waals surface area (Å²) >= 11 is 0. The summed E-state index contributed by atoms with van der Waals surface area (Å²) in [6, 6.07) is 9.19. The molecule has 0 aliphatic rings. The Morgan fingerprint density at radius 3 is 2.28 bits per heavy atom. The molecular formula is C13H14O5. The molecule has 96 valence electrons. The number of carbonyl (C=O) groups is 2. The highest BCUT2D eigenvalue weighted by molar-refractivity contribution is 5.91. The highest BCUT2D eigenvalue weighted by atomic mass is 16.5. The van der Waals surface area contributed by atoms with E-state index < -0.39 is 11.9 Å². The zero-order valence-electron chi connectivity index (χ0n) is 9.74. The number of rotatable bonds is 6. The third-order valence-electron chi connectivity index (χ3n) is 1.92. The summed E-state index contributed by atoms with van der Waals surface area (Å²) in [5.74, 6) is -1.32. The number of benzene rings is 1. The Morgan fingerprint density at radius 1 is 1.06 bits per heavy atom. The number of hydrogen-bond donors (Lipinski definition) is 1. The lowest BCUT2D eigenvalue weighted by molar-refractivity contribution is -0.141. The average Bonchev–Trinajstić information content (AvgIpc) is 2.41. The molecule has 1 N–H and O–H groups in total. The third-order valence-corrected chi connectivity index (χ3v) is 1.92. The highest BCUT2D eigenvalue weighted by Crippen LogP contribution is 2.00. The van der Waals surface area contributed by atoms with Crippen molar-refractivity contribution < 1.29 is 24.2 Å². The van der Waals surface area contributed by atoms with Crippen molar-refractivity contribution in [3.63, 3.8) is 0 Å². The molecule has 0 amide bonds. The van der Waals surface area contributed by atoms with Gasteiger partial charge in [-0.15, -0.1) is 0 Å². The Bertz CT molecular complexity index is 411. The molecule has 0 aliphatic carbocycles. The number of aliphatic hydroxyl groups excluding tert-OH is 1. The fraction of sp³-hybridized carbons (Fsp3) is 0.231. The van der Waals surface area contributed by atoms with Crippen LogP contribution in [0.1, 0.15) is 5.56 Å². The Labute approximate surface area is 105 Å². The van der Waals surface area contributed by atoms with Crippen molar-refractivity contribution >= 4 is 11.9 Å². The first kappa shape index (κ1) is 13.9. The fourth-order valence-electron chi connectivity index (χ4n) is 1.11. The van der Waals surface area contributed by atoms with Gasteiger partial charge in [0.2, 0.25) is 0 Å². The van der Waals surface area contributed by atoms with Crippen molar-refractivity contribution in [3.05, 3.63) is 48.0 Å². The second-order valence-electron chi connectivity index (χ2n) is 3.32. The molecule has 0 bridgehead atoms. The van der Waals surface area contributed by atoms with Crippen molar-refractivity contribution in [2.24, 2.45) is 0 Å². The number of aliphatic hydroxyl groups is 1. The average molecular weight is 250 g/mol.